The molecule has 0 N–H and O–H groups in total. The van der Waals surface area contributed by atoms with E-state index in [1.807, 2.05) is 0 Å². The summed E-state index contributed by atoms with van der Waals surface area (Å²) in [5.74, 6) is 0. The molecule has 0 unspecified atom stereocenters. The molecule has 4 heavy (non-hydrogen) atoms. The summed E-state index contributed by atoms with van der Waals surface area (Å²) in [6, 6.07) is 0. The van der Waals surface area contributed by atoms with Crippen molar-refractivity contribution in [2.24, 2.45) is 0 Å². The Labute approximate surface area is 35.3 Å². The fraction of sp³-hybridized carbons (Fsp3) is 0. The Morgan fingerprint density at radius 2 is 1.25 bits per heavy atom. The van der Waals surface area contributed by atoms with Gasteiger partial charge in [-0.2, -0.15) is 0 Å². The van der Waals surface area contributed by atoms with Gasteiger partial charge in [0.1, 0.15) is 0 Å². The molecule has 0 aromatic heterocycles. The monoisotopic (exact) mass is 88.0 g/mol. The molecule has 0 aromatic rings. The van der Waals surface area contributed by atoms with E-state index in [9.17, 15) is 0 Å². The van der Waals surface area contributed by atoms with Gasteiger partial charge in [-0.3, -0.25) is 0 Å². The third-order valence-electron chi connectivity index (χ3n) is 0. The zero-order chi connectivity index (χ0) is 4.00. The number of hydrogen-bond donors (Lipinski definition) is 0. The van der Waals surface area contributed by atoms with Gasteiger partial charge in [-0.1, -0.05) is 0 Å². The van der Waals surface area contributed by atoms with Gasteiger partial charge < -0.3 is 4.46 Å². The Kier molecular flexibility index (Phi) is 335. The predicted molar refractivity (Wildman–Crippen MR) is 14.3 cm³/mol. The molecule has 0 saturated carbocycles. The van der Waals surface area contributed by atoms with Crippen LogP contribution in [0.15, 0.2) is 0 Å². The van der Waals surface area contributed by atoms with Gasteiger partial charge >= 0.3 is 30.2 Å². The van der Waals surface area contributed by atoms with Crippen LogP contribution in [0.5, 0.6) is 0 Å². The van der Waals surface area contributed by atoms with Crippen LogP contribution in [0.3, 0.4) is 0 Å². The summed E-state index contributed by atoms with van der Waals surface area (Å²) in [5.41, 5.74) is 0. The maximum absolute atomic E-state index is 8.17. The predicted octanol–water partition coefficient (Wildman–Crippen LogP) is -1.27. The molecule has 0 aliphatic carbocycles. The maximum atomic E-state index is 8.17. The first kappa shape index (κ1) is 8.84. The minimum absolute atomic E-state index is 1.17. The third-order valence-corrected chi connectivity index (χ3v) is 0. The second-order valence-electron chi connectivity index (χ2n) is 0. The fourth-order valence-electron chi connectivity index (χ4n) is 0. The van der Waals surface area contributed by atoms with Crippen LogP contribution in [0.2, 0.25) is 0 Å². The summed E-state index contributed by atoms with van der Waals surface area (Å²) in [6.45, 7) is 0. The molecule has 0 spiro atoms. The van der Waals surface area contributed by atoms with Crippen LogP contribution in [-0.4, -0.2) is 26.4 Å². The standard InChI is InChI=1S/Al.HOSi.O/c;1-2;/h;2H;. The van der Waals surface area contributed by atoms with Crippen LogP contribution in [0.4, 0.5) is 0 Å². The van der Waals surface area contributed by atoms with E-state index in [1.165, 1.54) is 26.4 Å². The Morgan fingerprint density at radius 3 is 1.25 bits per heavy atom. The first-order valence-electron chi connectivity index (χ1n) is 0.471. The Hall–Kier alpha value is 0.349. The normalized spacial score (nSPS) is 1.75. The van der Waals surface area contributed by atoms with Gasteiger partial charge in [0.25, 0.3) is 0 Å². The van der Waals surface area contributed by atoms with E-state index in [0.717, 1.165) is 0 Å². The Balaban J connectivity index is 0. The van der Waals surface area contributed by atoms with Gasteiger partial charge in [0, 0.05) is 0 Å². The number of hydrogen-bond acceptors (Lipinski definition) is 2. The molecule has 0 rings (SSSR count). The molecule has 20 valence electrons. The summed E-state index contributed by atoms with van der Waals surface area (Å²) in [7, 11) is 1.17. The molecule has 0 bridgehead atoms. The average Bonchev–Trinajstić information content (AvgIpc) is 1.50. The molecular weight excluding hydrogens is 87.1 g/mol. The molecular formula is HAlO2Si. The van der Waals surface area contributed by atoms with Crippen LogP contribution < -0.4 is 0 Å². The molecule has 0 aromatic carbocycles. The molecule has 0 amide bonds. The summed E-state index contributed by atoms with van der Waals surface area (Å²) in [4.78, 5) is 0. The summed E-state index contributed by atoms with van der Waals surface area (Å²) in [5, 5.41) is 0. The van der Waals surface area contributed by atoms with Gasteiger partial charge in [0.05, 0.1) is 0 Å². The van der Waals surface area contributed by atoms with E-state index >= 15 is 0 Å². The van der Waals surface area contributed by atoms with Crippen molar-refractivity contribution < 1.29 is 8.27 Å². The summed E-state index contributed by atoms with van der Waals surface area (Å²) < 4.78 is 16.3. The van der Waals surface area contributed by atoms with Gasteiger partial charge in [-0.25, -0.2) is 0 Å². The Morgan fingerprint density at radius 1 is 1.25 bits per heavy atom. The van der Waals surface area contributed by atoms with Crippen molar-refractivity contribution in [1.29, 1.82) is 0 Å². The van der Waals surface area contributed by atoms with E-state index in [1.54, 1.807) is 0 Å². The van der Waals surface area contributed by atoms with E-state index in [0.29, 0.717) is 0 Å². The van der Waals surface area contributed by atoms with Crippen LogP contribution in [0, 0.1) is 0 Å². The quantitative estimate of drug-likeness (QED) is 0.346. The van der Waals surface area contributed by atoms with Crippen molar-refractivity contribution in [3.8, 4) is 0 Å². The van der Waals surface area contributed by atoms with Crippen LogP contribution in [-0.2, 0) is 8.27 Å². The molecule has 0 saturated heterocycles. The van der Waals surface area contributed by atoms with Gasteiger partial charge in [0.2, 0.25) is 0 Å². The second-order valence-corrected chi connectivity index (χ2v) is 0. The molecule has 0 heterocycles. The SMILES string of the molecule is O=[SiH].[O]=[Al]. The molecule has 0 aliphatic rings. The van der Waals surface area contributed by atoms with Crippen molar-refractivity contribution in [2.75, 3.05) is 0 Å². The van der Waals surface area contributed by atoms with Crippen molar-refractivity contribution in [1.82, 2.24) is 0 Å². The molecule has 0 fully saturated rings. The van der Waals surface area contributed by atoms with Crippen LogP contribution >= 0.6 is 0 Å². The molecule has 0 aliphatic heterocycles. The van der Waals surface area contributed by atoms with Crippen molar-refractivity contribution in [3.05, 3.63) is 0 Å². The molecule has 2 radical (unpaired) electrons. The van der Waals surface area contributed by atoms with E-state index in [4.69, 9.17) is 8.27 Å². The van der Waals surface area contributed by atoms with Gasteiger partial charge in [-0.05, 0) is 0 Å². The first-order chi connectivity index (χ1) is 2.00. The molecule has 4 heteroatoms. The second kappa shape index (κ2) is 151. The van der Waals surface area contributed by atoms with Crippen molar-refractivity contribution in [3.63, 3.8) is 0 Å². The molecule has 2 nitrogen and oxygen atoms in total. The van der Waals surface area contributed by atoms with E-state index in [-0.39, 0.29) is 0 Å². The Bertz CT molecular complexity index is 8.00. The molecule has 0 atom stereocenters. The fourth-order valence-corrected chi connectivity index (χ4v) is 0. The van der Waals surface area contributed by atoms with E-state index in [2.05, 4.69) is 0 Å². The minimum atomic E-state index is 1.17. The van der Waals surface area contributed by atoms with Gasteiger partial charge in [-0.15, -0.1) is 0 Å². The van der Waals surface area contributed by atoms with Crippen molar-refractivity contribution >= 4 is 26.4 Å². The zero-order valence-corrected chi connectivity index (χ0v) is 4.28. The topological polar surface area (TPSA) is 34.1 Å². The zero-order valence-electron chi connectivity index (χ0n) is 1.97. The third kappa shape index (κ3) is 35.0. The number of rotatable bonds is 0. The van der Waals surface area contributed by atoms with Crippen molar-refractivity contribution in [2.45, 2.75) is 0 Å². The van der Waals surface area contributed by atoms with Gasteiger partial charge in [0.15, 0.2) is 0 Å². The van der Waals surface area contributed by atoms with Crippen LogP contribution in [0.1, 0.15) is 0 Å². The van der Waals surface area contributed by atoms with Crippen LogP contribution in [0.25, 0.3) is 0 Å². The summed E-state index contributed by atoms with van der Waals surface area (Å²) >= 11 is 1.17. The first-order valence-corrected chi connectivity index (χ1v) is 1.41. The average molecular weight is 88.1 g/mol. The summed E-state index contributed by atoms with van der Waals surface area (Å²) in [6.07, 6.45) is 0. The van der Waals surface area contributed by atoms with E-state index < -0.39 is 0 Å².